The van der Waals surface area contributed by atoms with Crippen molar-refractivity contribution in [1.82, 2.24) is 4.57 Å². The first-order chi connectivity index (χ1) is 14.0. The van der Waals surface area contributed by atoms with E-state index in [1.165, 1.54) is 0 Å². The molecular weight excluding hydrogens is 366 g/mol. The molecule has 0 unspecified atom stereocenters. The van der Waals surface area contributed by atoms with Gasteiger partial charge in [-0.1, -0.05) is 42.5 Å². The molecule has 5 heteroatoms. The van der Waals surface area contributed by atoms with E-state index in [9.17, 15) is 9.59 Å². The third kappa shape index (κ3) is 5.13. The van der Waals surface area contributed by atoms with E-state index in [4.69, 9.17) is 9.47 Å². The van der Waals surface area contributed by atoms with Crippen LogP contribution >= 0.6 is 0 Å². The van der Waals surface area contributed by atoms with Crippen molar-refractivity contribution < 1.29 is 19.1 Å². The lowest BCUT2D eigenvalue weighted by atomic mass is 10.1. The van der Waals surface area contributed by atoms with Gasteiger partial charge in [0, 0.05) is 23.5 Å². The fraction of sp³-hybridized carbons (Fsp3) is 0.250. The number of Topliss-reactive ketones (excluding diaryl/α,β-unsaturated/α-hetero) is 1. The quantitative estimate of drug-likeness (QED) is 0.428. The minimum absolute atomic E-state index is 0.0948. The monoisotopic (exact) mass is 391 g/mol. The molecule has 0 amide bonds. The normalized spacial score (nSPS) is 10.6. The standard InChI is InChI=1S/C24H25NO4/c1-17-12-22(18(2)25(17)15-19-8-5-4-6-9-19)23(26)16-29-24(27)14-20-10-7-11-21(13-20)28-3/h4-13H,14-16H2,1-3H3. The summed E-state index contributed by atoms with van der Waals surface area (Å²) in [7, 11) is 1.57. The first kappa shape index (κ1) is 20.4. The lowest BCUT2D eigenvalue weighted by molar-refractivity contribution is -0.141. The van der Waals surface area contributed by atoms with Gasteiger partial charge in [-0.05, 0) is 43.2 Å². The Kier molecular flexibility index (Phi) is 6.50. The van der Waals surface area contributed by atoms with E-state index in [0.29, 0.717) is 17.9 Å². The maximum absolute atomic E-state index is 12.6. The van der Waals surface area contributed by atoms with Gasteiger partial charge >= 0.3 is 5.97 Å². The summed E-state index contributed by atoms with van der Waals surface area (Å²) < 4.78 is 12.5. The highest BCUT2D eigenvalue weighted by molar-refractivity contribution is 5.99. The molecule has 0 saturated carbocycles. The van der Waals surface area contributed by atoms with Crippen LogP contribution in [0.3, 0.4) is 0 Å². The minimum Gasteiger partial charge on any atom is -0.497 e. The Hall–Kier alpha value is -3.34. The molecule has 0 bridgehead atoms. The number of methoxy groups -OCH3 is 1. The maximum Gasteiger partial charge on any atom is 0.310 e. The summed E-state index contributed by atoms with van der Waals surface area (Å²) in [5, 5.41) is 0. The number of carbonyl (C=O) groups is 2. The van der Waals surface area contributed by atoms with Gasteiger partial charge in [-0.15, -0.1) is 0 Å². The number of rotatable bonds is 8. The van der Waals surface area contributed by atoms with Crippen molar-refractivity contribution in [3.63, 3.8) is 0 Å². The van der Waals surface area contributed by atoms with E-state index in [-0.39, 0.29) is 18.8 Å². The minimum atomic E-state index is -0.440. The molecule has 3 rings (SSSR count). The molecule has 3 aromatic rings. The average molecular weight is 391 g/mol. The SMILES string of the molecule is COc1cccc(CC(=O)OCC(=O)c2cc(C)n(Cc3ccccc3)c2C)c1. The zero-order valence-electron chi connectivity index (χ0n) is 17.0. The van der Waals surface area contributed by atoms with E-state index in [1.807, 2.05) is 56.3 Å². The second-order valence-corrected chi connectivity index (χ2v) is 6.97. The van der Waals surface area contributed by atoms with E-state index in [1.54, 1.807) is 13.2 Å². The summed E-state index contributed by atoms with van der Waals surface area (Å²) in [6.07, 6.45) is 0.0948. The highest BCUT2D eigenvalue weighted by atomic mass is 16.5. The molecule has 0 fully saturated rings. The number of ether oxygens (including phenoxy) is 2. The second kappa shape index (κ2) is 9.24. The summed E-state index contributed by atoms with van der Waals surface area (Å²) in [5.41, 5.74) is 4.41. The highest BCUT2D eigenvalue weighted by Crippen LogP contribution is 2.18. The molecule has 5 nitrogen and oxygen atoms in total. The molecule has 0 radical (unpaired) electrons. The number of benzene rings is 2. The summed E-state index contributed by atoms with van der Waals surface area (Å²) in [6.45, 7) is 4.32. The molecule has 0 spiro atoms. The Morgan fingerprint density at radius 1 is 0.931 bits per heavy atom. The number of aryl methyl sites for hydroxylation is 1. The lowest BCUT2D eigenvalue weighted by Crippen LogP contribution is -2.16. The van der Waals surface area contributed by atoms with Gasteiger partial charge in [0.25, 0.3) is 0 Å². The first-order valence-corrected chi connectivity index (χ1v) is 9.50. The van der Waals surface area contributed by atoms with Crippen molar-refractivity contribution in [2.45, 2.75) is 26.8 Å². The fourth-order valence-electron chi connectivity index (χ4n) is 3.32. The molecule has 0 saturated heterocycles. The van der Waals surface area contributed by atoms with Crippen LogP contribution in [0.4, 0.5) is 0 Å². The van der Waals surface area contributed by atoms with Crippen LogP contribution in [0.1, 0.15) is 32.9 Å². The van der Waals surface area contributed by atoms with Crippen LogP contribution < -0.4 is 4.74 Å². The zero-order chi connectivity index (χ0) is 20.8. The van der Waals surface area contributed by atoms with Crippen LogP contribution in [-0.2, 0) is 22.5 Å². The van der Waals surface area contributed by atoms with Crippen LogP contribution in [0.2, 0.25) is 0 Å². The van der Waals surface area contributed by atoms with Crippen molar-refractivity contribution >= 4 is 11.8 Å². The predicted octanol–water partition coefficient (Wildman–Crippen LogP) is 4.13. The smallest absolute Gasteiger partial charge is 0.310 e. The molecule has 0 atom stereocenters. The van der Waals surface area contributed by atoms with Crippen molar-refractivity contribution in [3.05, 3.63) is 88.7 Å². The Bertz CT molecular complexity index is 1000. The van der Waals surface area contributed by atoms with Gasteiger partial charge < -0.3 is 14.0 Å². The third-order valence-electron chi connectivity index (χ3n) is 4.90. The van der Waals surface area contributed by atoms with E-state index >= 15 is 0 Å². The molecule has 29 heavy (non-hydrogen) atoms. The van der Waals surface area contributed by atoms with E-state index < -0.39 is 5.97 Å². The van der Waals surface area contributed by atoms with Gasteiger partial charge in [-0.25, -0.2) is 0 Å². The van der Waals surface area contributed by atoms with Gasteiger partial charge in [0.15, 0.2) is 6.61 Å². The molecule has 0 aliphatic heterocycles. The third-order valence-corrected chi connectivity index (χ3v) is 4.90. The molecule has 150 valence electrons. The number of nitrogens with zero attached hydrogens (tertiary/aromatic N) is 1. The summed E-state index contributed by atoms with van der Waals surface area (Å²) in [5.74, 6) is 0.0401. The van der Waals surface area contributed by atoms with Crippen LogP contribution in [-0.4, -0.2) is 30.0 Å². The van der Waals surface area contributed by atoms with Gasteiger partial charge in [0.05, 0.1) is 13.5 Å². The Morgan fingerprint density at radius 2 is 1.66 bits per heavy atom. The average Bonchev–Trinajstić information content (AvgIpc) is 3.01. The van der Waals surface area contributed by atoms with Gasteiger partial charge in [-0.3, -0.25) is 9.59 Å². The van der Waals surface area contributed by atoms with Crippen molar-refractivity contribution in [3.8, 4) is 5.75 Å². The first-order valence-electron chi connectivity index (χ1n) is 9.50. The van der Waals surface area contributed by atoms with Crippen LogP contribution in [0.5, 0.6) is 5.75 Å². The topological polar surface area (TPSA) is 57.5 Å². The Balaban J connectivity index is 1.62. The summed E-state index contributed by atoms with van der Waals surface area (Å²) >= 11 is 0. The number of aromatic nitrogens is 1. The van der Waals surface area contributed by atoms with Crippen molar-refractivity contribution in [2.75, 3.05) is 13.7 Å². The second-order valence-electron chi connectivity index (χ2n) is 6.97. The number of hydrogen-bond acceptors (Lipinski definition) is 4. The Morgan fingerprint density at radius 3 is 2.38 bits per heavy atom. The predicted molar refractivity (Wildman–Crippen MR) is 111 cm³/mol. The molecule has 0 N–H and O–H groups in total. The molecule has 2 aromatic carbocycles. The van der Waals surface area contributed by atoms with Crippen molar-refractivity contribution in [1.29, 1.82) is 0 Å². The van der Waals surface area contributed by atoms with Crippen LogP contribution in [0, 0.1) is 13.8 Å². The number of esters is 1. The zero-order valence-corrected chi connectivity index (χ0v) is 17.0. The largest absolute Gasteiger partial charge is 0.497 e. The van der Waals surface area contributed by atoms with E-state index in [2.05, 4.69) is 16.7 Å². The van der Waals surface area contributed by atoms with Crippen molar-refractivity contribution in [2.24, 2.45) is 0 Å². The molecule has 1 aromatic heterocycles. The van der Waals surface area contributed by atoms with Gasteiger partial charge in [-0.2, -0.15) is 0 Å². The molecular formula is C24H25NO4. The van der Waals surface area contributed by atoms with Gasteiger partial charge in [0.1, 0.15) is 5.75 Å². The van der Waals surface area contributed by atoms with E-state index in [0.717, 1.165) is 22.5 Å². The van der Waals surface area contributed by atoms with Crippen LogP contribution in [0.25, 0.3) is 0 Å². The molecule has 0 aliphatic rings. The fourth-order valence-corrected chi connectivity index (χ4v) is 3.32. The van der Waals surface area contributed by atoms with Crippen LogP contribution in [0.15, 0.2) is 60.7 Å². The van der Waals surface area contributed by atoms with Gasteiger partial charge in [0.2, 0.25) is 5.78 Å². The summed E-state index contributed by atoms with van der Waals surface area (Å²) in [6, 6.07) is 19.2. The molecule has 1 heterocycles. The molecule has 0 aliphatic carbocycles. The number of hydrogen-bond donors (Lipinski definition) is 0. The summed E-state index contributed by atoms with van der Waals surface area (Å²) in [4.78, 5) is 24.8. The maximum atomic E-state index is 12.6. The number of carbonyl (C=O) groups excluding carboxylic acids is 2. The highest BCUT2D eigenvalue weighted by Gasteiger charge is 2.17. The number of ketones is 1. The lowest BCUT2D eigenvalue weighted by Gasteiger charge is -2.10. The Labute approximate surface area is 170 Å².